The van der Waals surface area contributed by atoms with Crippen LogP contribution in [0.2, 0.25) is 5.02 Å². The molecule has 1 N–H and O–H groups in total. The molecule has 1 aromatic heterocycles. The smallest absolute Gasteiger partial charge is 0.241 e. The zero-order valence-electron chi connectivity index (χ0n) is 14.4. The number of carbonyl (C=O) groups is 1. The normalized spacial score (nSPS) is 16.5. The predicted molar refractivity (Wildman–Crippen MR) is 99.7 cm³/mol. The van der Waals surface area contributed by atoms with Gasteiger partial charge in [0.2, 0.25) is 5.91 Å². The lowest BCUT2D eigenvalue weighted by Crippen LogP contribution is -2.50. The third kappa shape index (κ3) is 3.64. The van der Waals surface area contributed by atoms with E-state index in [1.165, 1.54) is 12.1 Å². The largest absolute Gasteiger partial charge is 0.355 e. The second-order valence-electron chi connectivity index (χ2n) is 6.57. The molecule has 1 aliphatic carbocycles. The Morgan fingerprint density at radius 2 is 1.92 bits per heavy atom. The molecule has 0 atom stereocenters. The molecule has 1 heterocycles. The maximum absolute atomic E-state index is 13.2. The summed E-state index contributed by atoms with van der Waals surface area (Å²) in [6.07, 6.45) is 8.14. The minimum atomic E-state index is -3.78. The summed E-state index contributed by atoms with van der Waals surface area (Å²) in [5.74, 6) is -0.393. The van der Waals surface area contributed by atoms with Crippen molar-refractivity contribution in [3.05, 3.63) is 48.0 Å². The molecule has 2 aromatic rings. The monoisotopic (exact) mass is 395 g/mol. The maximum Gasteiger partial charge on any atom is 0.241 e. The Labute approximate surface area is 158 Å². The van der Waals surface area contributed by atoms with Gasteiger partial charge in [0, 0.05) is 30.5 Å². The quantitative estimate of drug-likeness (QED) is 0.731. The highest BCUT2D eigenvalue weighted by atomic mass is 35.5. The molecule has 1 saturated carbocycles. The Kier molecular flexibility index (Phi) is 5.67. The van der Waals surface area contributed by atoms with E-state index in [0.717, 1.165) is 19.4 Å². The van der Waals surface area contributed by atoms with Crippen molar-refractivity contribution < 1.29 is 13.2 Å². The summed E-state index contributed by atoms with van der Waals surface area (Å²) in [7, 11) is -3.78. The van der Waals surface area contributed by atoms with E-state index in [4.69, 9.17) is 11.6 Å². The van der Waals surface area contributed by atoms with E-state index in [9.17, 15) is 13.2 Å². The molecule has 0 aliphatic heterocycles. The van der Waals surface area contributed by atoms with Crippen molar-refractivity contribution in [3.63, 3.8) is 0 Å². The molecule has 0 radical (unpaired) electrons. The molecular weight excluding hydrogens is 374 g/mol. The van der Waals surface area contributed by atoms with Gasteiger partial charge in [-0.05, 0) is 43.5 Å². The first-order chi connectivity index (χ1) is 12.5. The number of nitrogens with one attached hydrogen (secondary N) is 1. The Hall–Kier alpha value is -1.86. The van der Waals surface area contributed by atoms with Crippen molar-refractivity contribution in [2.75, 3.05) is 6.54 Å². The minimum absolute atomic E-state index is 0.150. The van der Waals surface area contributed by atoms with E-state index in [1.54, 1.807) is 24.7 Å². The molecular formula is C18H22ClN3O3S. The SMILES string of the molecule is O=C(NCCCn1ccnc1)C1(S(=O)(=O)c2ccc(Cl)cc2)CCCC1. The summed E-state index contributed by atoms with van der Waals surface area (Å²) in [4.78, 5) is 17.0. The Morgan fingerprint density at radius 1 is 1.23 bits per heavy atom. The summed E-state index contributed by atoms with van der Waals surface area (Å²) in [6, 6.07) is 6.04. The summed E-state index contributed by atoms with van der Waals surface area (Å²) < 4.78 is 27.0. The Bertz CT molecular complexity index is 842. The Morgan fingerprint density at radius 3 is 2.54 bits per heavy atom. The van der Waals surface area contributed by atoms with Crippen LogP contribution in [0.4, 0.5) is 0 Å². The number of imidazole rings is 1. The fourth-order valence-electron chi connectivity index (χ4n) is 3.45. The van der Waals surface area contributed by atoms with E-state index in [-0.39, 0.29) is 4.90 Å². The molecule has 0 bridgehead atoms. The molecule has 8 heteroatoms. The van der Waals surface area contributed by atoms with Crippen molar-refractivity contribution in [3.8, 4) is 0 Å². The minimum Gasteiger partial charge on any atom is -0.355 e. The summed E-state index contributed by atoms with van der Waals surface area (Å²) >= 11 is 5.86. The lowest BCUT2D eigenvalue weighted by Gasteiger charge is -2.27. The third-order valence-electron chi connectivity index (χ3n) is 4.90. The van der Waals surface area contributed by atoms with Gasteiger partial charge in [-0.2, -0.15) is 0 Å². The second-order valence-corrected chi connectivity index (χ2v) is 9.26. The number of aryl methyl sites for hydroxylation is 1. The second kappa shape index (κ2) is 7.80. The number of carbonyl (C=O) groups excluding carboxylic acids is 1. The zero-order valence-corrected chi connectivity index (χ0v) is 16.0. The molecule has 1 aliphatic rings. The van der Waals surface area contributed by atoms with Gasteiger partial charge in [0.05, 0.1) is 11.2 Å². The molecule has 140 valence electrons. The average Bonchev–Trinajstić information content (AvgIpc) is 3.31. The molecule has 26 heavy (non-hydrogen) atoms. The molecule has 0 saturated heterocycles. The summed E-state index contributed by atoms with van der Waals surface area (Å²) in [6.45, 7) is 1.14. The molecule has 1 fully saturated rings. The predicted octanol–water partition coefficient (Wildman–Crippen LogP) is 2.83. The Balaban J connectivity index is 1.72. The van der Waals surface area contributed by atoms with Gasteiger partial charge < -0.3 is 9.88 Å². The van der Waals surface area contributed by atoms with E-state index < -0.39 is 20.5 Å². The lowest BCUT2D eigenvalue weighted by molar-refractivity contribution is -0.123. The number of hydrogen-bond acceptors (Lipinski definition) is 4. The number of rotatable bonds is 7. The number of amides is 1. The van der Waals surface area contributed by atoms with Crippen molar-refractivity contribution in [2.24, 2.45) is 0 Å². The first-order valence-corrected chi connectivity index (χ1v) is 10.6. The number of hydrogen-bond donors (Lipinski definition) is 1. The number of halogens is 1. The van der Waals surface area contributed by atoms with Gasteiger partial charge in [-0.25, -0.2) is 13.4 Å². The van der Waals surface area contributed by atoms with Crippen LogP contribution >= 0.6 is 11.6 Å². The topological polar surface area (TPSA) is 81.1 Å². The van der Waals surface area contributed by atoms with E-state index >= 15 is 0 Å². The van der Waals surface area contributed by atoms with Gasteiger partial charge in [-0.3, -0.25) is 4.79 Å². The number of sulfone groups is 1. The molecule has 3 rings (SSSR count). The number of aromatic nitrogens is 2. The van der Waals surface area contributed by atoms with Gasteiger partial charge in [-0.15, -0.1) is 0 Å². The maximum atomic E-state index is 13.2. The molecule has 6 nitrogen and oxygen atoms in total. The van der Waals surface area contributed by atoms with Crippen molar-refractivity contribution in [1.82, 2.24) is 14.9 Å². The average molecular weight is 396 g/mol. The van der Waals surface area contributed by atoms with Gasteiger partial charge in [-0.1, -0.05) is 24.4 Å². The van der Waals surface area contributed by atoms with Gasteiger partial charge in [0.1, 0.15) is 0 Å². The summed E-state index contributed by atoms with van der Waals surface area (Å²) in [5.41, 5.74) is 0. The zero-order chi connectivity index (χ0) is 18.6. The first-order valence-electron chi connectivity index (χ1n) is 8.70. The van der Waals surface area contributed by atoms with Crippen LogP contribution in [0.15, 0.2) is 47.9 Å². The van der Waals surface area contributed by atoms with Crippen LogP contribution in [0.5, 0.6) is 0 Å². The fourth-order valence-corrected chi connectivity index (χ4v) is 5.66. The highest BCUT2D eigenvalue weighted by molar-refractivity contribution is 7.93. The summed E-state index contributed by atoms with van der Waals surface area (Å²) in [5, 5.41) is 3.30. The van der Waals surface area contributed by atoms with E-state index in [1.807, 2.05) is 10.8 Å². The molecule has 0 spiro atoms. The number of nitrogens with zero attached hydrogens (tertiary/aromatic N) is 2. The van der Waals surface area contributed by atoms with Crippen LogP contribution in [-0.4, -0.2) is 35.2 Å². The first kappa shape index (κ1) is 18.9. The lowest BCUT2D eigenvalue weighted by atomic mass is 10.1. The fraction of sp³-hybridized carbons (Fsp3) is 0.444. The van der Waals surface area contributed by atoms with Gasteiger partial charge >= 0.3 is 0 Å². The standard InChI is InChI=1S/C18H22ClN3O3S/c19-15-4-6-16(7-5-15)26(24,25)18(8-1-2-9-18)17(23)21-10-3-12-22-13-11-20-14-22/h4-7,11,13-14H,1-3,8-10,12H2,(H,21,23). The van der Waals surface area contributed by atoms with Crippen LogP contribution in [0.25, 0.3) is 0 Å². The highest BCUT2D eigenvalue weighted by Crippen LogP contribution is 2.41. The van der Waals surface area contributed by atoms with Crippen molar-refractivity contribution in [1.29, 1.82) is 0 Å². The molecule has 1 amide bonds. The molecule has 1 aromatic carbocycles. The van der Waals surface area contributed by atoms with Crippen LogP contribution in [0, 0.1) is 0 Å². The van der Waals surface area contributed by atoms with Crippen LogP contribution in [0.3, 0.4) is 0 Å². The highest BCUT2D eigenvalue weighted by Gasteiger charge is 2.52. The van der Waals surface area contributed by atoms with Crippen LogP contribution < -0.4 is 5.32 Å². The van der Waals surface area contributed by atoms with Crippen LogP contribution in [0.1, 0.15) is 32.1 Å². The van der Waals surface area contributed by atoms with Crippen molar-refractivity contribution in [2.45, 2.75) is 48.3 Å². The van der Waals surface area contributed by atoms with E-state index in [0.29, 0.717) is 30.8 Å². The van der Waals surface area contributed by atoms with Crippen molar-refractivity contribution >= 4 is 27.3 Å². The number of benzene rings is 1. The van der Waals surface area contributed by atoms with Gasteiger partial charge in [0.15, 0.2) is 14.6 Å². The van der Waals surface area contributed by atoms with Gasteiger partial charge in [0.25, 0.3) is 0 Å². The third-order valence-corrected chi connectivity index (χ3v) is 7.67. The van der Waals surface area contributed by atoms with E-state index in [2.05, 4.69) is 10.3 Å². The van der Waals surface area contributed by atoms with Crippen LogP contribution in [-0.2, 0) is 21.2 Å². The molecule has 0 unspecified atom stereocenters.